The standard InChI is InChI=1S/C12H20N2OS/c1-10(2)11-5-6-14(8-11)12(15)4-3-7-16-9-13/h10-11H,3-8H2,1-2H3. The van der Waals surface area contributed by atoms with E-state index in [0.717, 1.165) is 31.7 Å². The van der Waals surface area contributed by atoms with Gasteiger partial charge < -0.3 is 4.90 Å². The van der Waals surface area contributed by atoms with Gasteiger partial charge in [0.2, 0.25) is 5.91 Å². The van der Waals surface area contributed by atoms with Crippen LogP contribution in [0.15, 0.2) is 0 Å². The van der Waals surface area contributed by atoms with E-state index in [1.807, 2.05) is 10.3 Å². The topological polar surface area (TPSA) is 44.1 Å². The van der Waals surface area contributed by atoms with Crippen LogP contribution in [-0.4, -0.2) is 29.6 Å². The number of likely N-dealkylation sites (tertiary alicyclic amines) is 1. The summed E-state index contributed by atoms with van der Waals surface area (Å²) in [5.41, 5.74) is 0. The van der Waals surface area contributed by atoms with Crippen molar-refractivity contribution in [3.8, 4) is 5.40 Å². The van der Waals surface area contributed by atoms with Crippen molar-refractivity contribution in [3.63, 3.8) is 0 Å². The van der Waals surface area contributed by atoms with E-state index >= 15 is 0 Å². The van der Waals surface area contributed by atoms with Crippen molar-refractivity contribution in [1.82, 2.24) is 4.90 Å². The summed E-state index contributed by atoms with van der Waals surface area (Å²) in [6, 6.07) is 0. The summed E-state index contributed by atoms with van der Waals surface area (Å²) in [6.45, 7) is 6.30. The highest BCUT2D eigenvalue weighted by molar-refractivity contribution is 8.03. The van der Waals surface area contributed by atoms with Crippen molar-refractivity contribution >= 4 is 17.7 Å². The molecule has 0 aliphatic carbocycles. The van der Waals surface area contributed by atoms with Crippen molar-refractivity contribution in [1.29, 1.82) is 5.26 Å². The minimum Gasteiger partial charge on any atom is -0.342 e. The zero-order valence-electron chi connectivity index (χ0n) is 10.1. The van der Waals surface area contributed by atoms with Gasteiger partial charge in [-0.1, -0.05) is 13.8 Å². The van der Waals surface area contributed by atoms with Gasteiger partial charge in [0.25, 0.3) is 0 Å². The monoisotopic (exact) mass is 240 g/mol. The lowest BCUT2D eigenvalue weighted by Crippen LogP contribution is -2.29. The summed E-state index contributed by atoms with van der Waals surface area (Å²) in [4.78, 5) is 13.8. The maximum atomic E-state index is 11.8. The van der Waals surface area contributed by atoms with Crippen LogP contribution >= 0.6 is 11.8 Å². The van der Waals surface area contributed by atoms with Crippen molar-refractivity contribution in [2.24, 2.45) is 11.8 Å². The van der Waals surface area contributed by atoms with E-state index in [4.69, 9.17) is 5.26 Å². The first-order valence-electron chi connectivity index (χ1n) is 5.93. The normalized spacial score (nSPS) is 20.1. The number of nitriles is 1. The van der Waals surface area contributed by atoms with Gasteiger partial charge >= 0.3 is 0 Å². The lowest BCUT2D eigenvalue weighted by molar-refractivity contribution is -0.130. The second kappa shape index (κ2) is 6.80. The second-order valence-corrected chi connectivity index (χ2v) is 5.56. The average molecular weight is 240 g/mol. The zero-order valence-corrected chi connectivity index (χ0v) is 10.9. The highest BCUT2D eigenvalue weighted by atomic mass is 32.2. The average Bonchev–Trinajstić information content (AvgIpc) is 2.73. The van der Waals surface area contributed by atoms with Crippen molar-refractivity contribution < 1.29 is 4.79 Å². The molecule has 0 spiro atoms. The third-order valence-electron chi connectivity index (χ3n) is 3.22. The van der Waals surface area contributed by atoms with Crippen LogP contribution in [0.25, 0.3) is 0 Å². The lowest BCUT2D eigenvalue weighted by Gasteiger charge is -2.17. The fraction of sp³-hybridized carbons (Fsp3) is 0.833. The number of thioether (sulfide) groups is 1. The number of amides is 1. The minimum atomic E-state index is 0.265. The Morgan fingerprint density at radius 2 is 2.38 bits per heavy atom. The number of hydrogen-bond donors (Lipinski definition) is 0. The molecule has 0 radical (unpaired) electrons. The number of carbonyl (C=O) groups is 1. The molecule has 1 aliphatic heterocycles. The molecule has 3 nitrogen and oxygen atoms in total. The predicted molar refractivity (Wildman–Crippen MR) is 66.8 cm³/mol. The maximum absolute atomic E-state index is 11.8. The summed E-state index contributed by atoms with van der Waals surface area (Å²) < 4.78 is 0. The molecule has 0 saturated carbocycles. The lowest BCUT2D eigenvalue weighted by atomic mass is 9.95. The molecular weight excluding hydrogens is 220 g/mol. The van der Waals surface area contributed by atoms with E-state index < -0.39 is 0 Å². The Bertz CT molecular complexity index is 273. The fourth-order valence-corrected chi connectivity index (χ4v) is 2.44. The first-order chi connectivity index (χ1) is 7.65. The smallest absolute Gasteiger partial charge is 0.222 e. The van der Waals surface area contributed by atoms with E-state index in [1.54, 1.807) is 0 Å². The molecule has 1 aliphatic rings. The Morgan fingerprint density at radius 3 is 2.94 bits per heavy atom. The van der Waals surface area contributed by atoms with E-state index in [1.165, 1.54) is 11.8 Å². The second-order valence-electron chi connectivity index (χ2n) is 4.68. The van der Waals surface area contributed by atoms with Crippen LogP contribution in [0, 0.1) is 22.5 Å². The zero-order chi connectivity index (χ0) is 12.0. The molecule has 16 heavy (non-hydrogen) atoms. The molecule has 1 saturated heterocycles. The first kappa shape index (κ1) is 13.4. The number of rotatable bonds is 5. The third kappa shape index (κ3) is 4.05. The number of thiocyanates is 1. The Labute approximate surface area is 102 Å². The maximum Gasteiger partial charge on any atom is 0.222 e. The van der Waals surface area contributed by atoms with Gasteiger partial charge in [0.05, 0.1) is 0 Å². The largest absolute Gasteiger partial charge is 0.342 e. The van der Waals surface area contributed by atoms with Gasteiger partial charge in [-0.25, -0.2) is 0 Å². The molecule has 0 aromatic rings. The number of nitrogens with zero attached hydrogens (tertiary/aromatic N) is 2. The summed E-state index contributed by atoms with van der Waals surface area (Å²) in [6.07, 6.45) is 2.57. The molecule has 1 amide bonds. The summed E-state index contributed by atoms with van der Waals surface area (Å²) >= 11 is 1.23. The van der Waals surface area contributed by atoms with Gasteiger partial charge in [-0.2, -0.15) is 5.26 Å². The SMILES string of the molecule is CC(C)C1CCN(C(=O)CCCSC#N)C1. The van der Waals surface area contributed by atoms with E-state index in [2.05, 4.69) is 13.8 Å². The quantitative estimate of drug-likeness (QED) is 0.548. The van der Waals surface area contributed by atoms with Crippen LogP contribution in [0.5, 0.6) is 0 Å². The number of hydrogen-bond acceptors (Lipinski definition) is 3. The molecule has 1 fully saturated rings. The fourth-order valence-electron chi connectivity index (χ4n) is 2.06. The van der Waals surface area contributed by atoms with Gasteiger partial charge in [0.15, 0.2) is 0 Å². The van der Waals surface area contributed by atoms with Crippen LogP contribution in [-0.2, 0) is 4.79 Å². The molecule has 1 unspecified atom stereocenters. The Kier molecular flexibility index (Phi) is 5.68. The predicted octanol–water partition coefficient (Wildman–Crippen LogP) is 2.49. The molecule has 90 valence electrons. The molecule has 0 aromatic carbocycles. The summed E-state index contributed by atoms with van der Waals surface area (Å²) in [5.74, 6) is 2.38. The summed E-state index contributed by atoms with van der Waals surface area (Å²) in [7, 11) is 0. The Hall–Kier alpha value is -0.690. The van der Waals surface area contributed by atoms with Crippen LogP contribution in [0.1, 0.15) is 33.1 Å². The first-order valence-corrected chi connectivity index (χ1v) is 6.92. The van der Waals surface area contributed by atoms with Crippen molar-refractivity contribution in [2.75, 3.05) is 18.8 Å². The highest BCUT2D eigenvalue weighted by Crippen LogP contribution is 2.24. The highest BCUT2D eigenvalue weighted by Gasteiger charge is 2.27. The number of carbonyl (C=O) groups excluding carboxylic acids is 1. The molecule has 4 heteroatoms. The van der Waals surface area contributed by atoms with E-state index in [9.17, 15) is 4.79 Å². The molecular formula is C12H20N2OS. The van der Waals surface area contributed by atoms with E-state index in [0.29, 0.717) is 18.3 Å². The van der Waals surface area contributed by atoms with Gasteiger partial charge in [-0.15, -0.1) is 0 Å². The van der Waals surface area contributed by atoms with Crippen LogP contribution in [0.4, 0.5) is 0 Å². The van der Waals surface area contributed by atoms with Crippen molar-refractivity contribution in [2.45, 2.75) is 33.1 Å². The molecule has 1 rings (SSSR count). The molecule has 1 heterocycles. The third-order valence-corrected chi connectivity index (χ3v) is 3.84. The van der Waals surface area contributed by atoms with Crippen LogP contribution in [0.3, 0.4) is 0 Å². The van der Waals surface area contributed by atoms with Gasteiger partial charge in [0.1, 0.15) is 5.40 Å². The molecule has 0 bridgehead atoms. The van der Waals surface area contributed by atoms with Crippen molar-refractivity contribution in [3.05, 3.63) is 0 Å². The van der Waals surface area contributed by atoms with Gasteiger partial charge in [-0.05, 0) is 36.4 Å². The Morgan fingerprint density at radius 1 is 1.62 bits per heavy atom. The summed E-state index contributed by atoms with van der Waals surface area (Å²) in [5, 5.41) is 10.4. The molecule has 1 atom stereocenters. The van der Waals surface area contributed by atoms with Crippen LogP contribution in [0.2, 0.25) is 0 Å². The molecule has 0 aromatic heterocycles. The van der Waals surface area contributed by atoms with Crippen LogP contribution < -0.4 is 0 Å². The van der Waals surface area contributed by atoms with Gasteiger partial charge in [-0.3, -0.25) is 4.79 Å². The molecule has 0 N–H and O–H groups in total. The van der Waals surface area contributed by atoms with Gasteiger partial charge in [0, 0.05) is 25.3 Å². The van der Waals surface area contributed by atoms with E-state index in [-0.39, 0.29) is 5.91 Å². The Balaban J connectivity index is 2.21. The minimum absolute atomic E-state index is 0.265.